The molecule has 1 aromatic carbocycles. The van der Waals surface area contributed by atoms with E-state index in [0.29, 0.717) is 19.0 Å². The second kappa shape index (κ2) is 6.63. The largest absolute Gasteiger partial charge is 0.444 e. The first-order valence-corrected chi connectivity index (χ1v) is 8.09. The summed E-state index contributed by atoms with van der Waals surface area (Å²) in [5.41, 5.74) is 2.54. The normalized spacial score (nSPS) is 17.5. The summed E-state index contributed by atoms with van der Waals surface area (Å²) in [6.45, 7) is 3.31. The van der Waals surface area contributed by atoms with Crippen LogP contribution in [0, 0.1) is 6.92 Å². The minimum absolute atomic E-state index is 0.540. The molecule has 0 saturated heterocycles. The van der Waals surface area contributed by atoms with Gasteiger partial charge < -0.3 is 14.8 Å². The lowest BCUT2D eigenvalue weighted by Gasteiger charge is -2.32. The number of oxazole rings is 1. The SMILES string of the molecule is Cc1ccc(-c2nc(CNCC3(O)CCCCC3)co2)cc1. The van der Waals surface area contributed by atoms with Crippen molar-refractivity contribution < 1.29 is 9.52 Å². The van der Waals surface area contributed by atoms with Gasteiger partial charge in [-0.3, -0.25) is 0 Å². The van der Waals surface area contributed by atoms with Crippen LogP contribution in [0.5, 0.6) is 0 Å². The van der Waals surface area contributed by atoms with Crippen molar-refractivity contribution in [1.29, 1.82) is 0 Å². The Hall–Kier alpha value is -1.65. The van der Waals surface area contributed by atoms with E-state index in [9.17, 15) is 5.11 Å². The lowest BCUT2D eigenvalue weighted by Crippen LogP contribution is -2.41. The maximum atomic E-state index is 10.5. The molecule has 0 amide bonds. The van der Waals surface area contributed by atoms with Gasteiger partial charge in [0.15, 0.2) is 0 Å². The summed E-state index contributed by atoms with van der Waals surface area (Å²) >= 11 is 0. The Labute approximate surface area is 131 Å². The van der Waals surface area contributed by atoms with Crippen molar-refractivity contribution in [3.05, 3.63) is 41.8 Å². The van der Waals surface area contributed by atoms with E-state index in [1.54, 1.807) is 6.26 Å². The molecule has 2 N–H and O–H groups in total. The van der Waals surface area contributed by atoms with E-state index >= 15 is 0 Å². The molecule has 1 aromatic heterocycles. The zero-order chi connectivity index (χ0) is 15.4. The summed E-state index contributed by atoms with van der Waals surface area (Å²) < 4.78 is 5.54. The van der Waals surface area contributed by atoms with E-state index in [-0.39, 0.29) is 0 Å². The smallest absolute Gasteiger partial charge is 0.226 e. The van der Waals surface area contributed by atoms with Crippen LogP contribution in [0.15, 0.2) is 34.9 Å². The number of nitrogens with one attached hydrogen (secondary N) is 1. The highest BCUT2D eigenvalue weighted by atomic mass is 16.3. The minimum Gasteiger partial charge on any atom is -0.444 e. The zero-order valence-electron chi connectivity index (χ0n) is 13.1. The summed E-state index contributed by atoms with van der Waals surface area (Å²) in [4.78, 5) is 4.50. The highest BCUT2D eigenvalue weighted by molar-refractivity contribution is 5.53. The van der Waals surface area contributed by atoms with Gasteiger partial charge >= 0.3 is 0 Å². The summed E-state index contributed by atoms with van der Waals surface area (Å²) in [7, 11) is 0. The molecule has 1 heterocycles. The fourth-order valence-corrected chi connectivity index (χ4v) is 3.03. The number of aliphatic hydroxyl groups is 1. The topological polar surface area (TPSA) is 58.3 Å². The molecule has 0 bridgehead atoms. The lowest BCUT2D eigenvalue weighted by molar-refractivity contribution is 0.00461. The highest BCUT2D eigenvalue weighted by Crippen LogP contribution is 2.27. The molecular weight excluding hydrogens is 276 g/mol. The predicted molar refractivity (Wildman–Crippen MR) is 86.4 cm³/mol. The molecule has 0 aliphatic heterocycles. The maximum absolute atomic E-state index is 10.5. The Morgan fingerprint density at radius 2 is 1.91 bits per heavy atom. The van der Waals surface area contributed by atoms with E-state index in [2.05, 4.69) is 29.4 Å². The summed E-state index contributed by atoms with van der Waals surface area (Å²) in [5, 5.41) is 13.8. The maximum Gasteiger partial charge on any atom is 0.226 e. The molecule has 118 valence electrons. The Morgan fingerprint density at radius 3 is 2.64 bits per heavy atom. The van der Waals surface area contributed by atoms with Crippen molar-refractivity contribution >= 4 is 0 Å². The van der Waals surface area contributed by atoms with Gasteiger partial charge in [0.1, 0.15) is 6.26 Å². The van der Waals surface area contributed by atoms with Gasteiger partial charge in [0.25, 0.3) is 0 Å². The average Bonchev–Trinajstić information content (AvgIpc) is 2.97. The molecule has 22 heavy (non-hydrogen) atoms. The van der Waals surface area contributed by atoms with Crippen LogP contribution >= 0.6 is 0 Å². The van der Waals surface area contributed by atoms with Crippen LogP contribution in [0.25, 0.3) is 11.5 Å². The van der Waals surface area contributed by atoms with Crippen LogP contribution in [0.4, 0.5) is 0 Å². The van der Waals surface area contributed by atoms with Gasteiger partial charge in [-0.25, -0.2) is 4.98 Å². The Kier molecular flexibility index (Phi) is 4.60. The van der Waals surface area contributed by atoms with Gasteiger partial charge in [-0.05, 0) is 31.9 Å². The third kappa shape index (κ3) is 3.76. The van der Waals surface area contributed by atoms with Crippen molar-refractivity contribution in [2.45, 2.75) is 51.2 Å². The van der Waals surface area contributed by atoms with Crippen LogP contribution in [0.3, 0.4) is 0 Å². The lowest BCUT2D eigenvalue weighted by atomic mass is 9.85. The van der Waals surface area contributed by atoms with Gasteiger partial charge in [-0.1, -0.05) is 37.0 Å². The van der Waals surface area contributed by atoms with E-state index in [1.165, 1.54) is 12.0 Å². The zero-order valence-corrected chi connectivity index (χ0v) is 13.1. The molecule has 0 atom stereocenters. The van der Waals surface area contributed by atoms with Crippen molar-refractivity contribution in [2.75, 3.05) is 6.54 Å². The molecule has 2 aromatic rings. The van der Waals surface area contributed by atoms with Gasteiger partial charge in [-0.15, -0.1) is 0 Å². The summed E-state index contributed by atoms with van der Waals surface area (Å²) in [6, 6.07) is 8.14. The van der Waals surface area contributed by atoms with Gasteiger partial charge in [0.2, 0.25) is 5.89 Å². The minimum atomic E-state index is -0.540. The number of aromatic nitrogens is 1. The third-order valence-electron chi connectivity index (χ3n) is 4.39. The van der Waals surface area contributed by atoms with Gasteiger partial charge in [0.05, 0.1) is 11.3 Å². The number of benzene rings is 1. The standard InChI is InChI=1S/C18H24N2O2/c1-14-5-7-15(8-6-14)17-20-16(12-22-17)11-19-13-18(21)9-3-2-4-10-18/h5-8,12,19,21H,2-4,9-11,13H2,1H3. The molecule has 3 rings (SSSR count). The van der Waals surface area contributed by atoms with Crippen LogP contribution in [-0.2, 0) is 6.54 Å². The fourth-order valence-electron chi connectivity index (χ4n) is 3.03. The Bertz CT molecular complexity index is 598. The first-order chi connectivity index (χ1) is 10.6. The second-order valence-corrected chi connectivity index (χ2v) is 6.40. The van der Waals surface area contributed by atoms with Gasteiger partial charge in [0, 0.05) is 18.7 Å². The second-order valence-electron chi connectivity index (χ2n) is 6.40. The Balaban J connectivity index is 1.54. The van der Waals surface area contributed by atoms with Crippen molar-refractivity contribution in [3.8, 4) is 11.5 Å². The number of rotatable bonds is 5. The van der Waals surface area contributed by atoms with Crippen molar-refractivity contribution in [3.63, 3.8) is 0 Å². The first kappa shape index (κ1) is 15.3. The molecule has 0 radical (unpaired) electrons. The van der Waals surface area contributed by atoms with E-state index in [1.807, 2.05) is 12.1 Å². The van der Waals surface area contributed by atoms with E-state index in [4.69, 9.17) is 4.42 Å². The molecule has 1 fully saturated rings. The number of aryl methyl sites for hydroxylation is 1. The number of hydrogen-bond donors (Lipinski definition) is 2. The Morgan fingerprint density at radius 1 is 1.18 bits per heavy atom. The first-order valence-electron chi connectivity index (χ1n) is 8.09. The number of hydrogen-bond acceptors (Lipinski definition) is 4. The summed E-state index contributed by atoms with van der Waals surface area (Å²) in [5.74, 6) is 0.646. The molecule has 1 aliphatic rings. The third-order valence-corrected chi connectivity index (χ3v) is 4.39. The van der Waals surface area contributed by atoms with E-state index in [0.717, 1.165) is 36.9 Å². The number of nitrogens with zero attached hydrogens (tertiary/aromatic N) is 1. The monoisotopic (exact) mass is 300 g/mol. The molecule has 4 nitrogen and oxygen atoms in total. The average molecular weight is 300 g/mol. The molecule has 0 unspecified atom stereocenters. The molecule has 4 heteroatoms. The fraction of sp³-hybridized carbons (Fsp3) is 0.500. The quantitative estimate of drug-likeness (QED) is 0.888. The predicted octanol–water partition coefficient (Wildman–Crippen LogP) is 3.43. The van der Waals surface area contributed by atoms with Crippen LogP contribution < -0.4 is 5.32 Å². The summed E-state index contributed by atoms with van der Waals surface area (Å²) in [6.07, 6.45) is 6.97. The molecular formula is C18H24N2O2. The van der Waals surface area contributed by atoms with Crippen molar-refractivity contribution in [2.24, 2.45) is 0 Å². The highest BCUT2D eigenvalue weighted by Gasteiger charge is 2.28. The molecule has 1 saturated carbocycles. The van der Waals surface area contributed by atoms with E-state index < -0.39 is 5.60 Å². The van der Waals surface area contributed by atoms with Crippen LogP contribution in [0.1, 0.15) is 43.4 Å². The van der Waals surface area contributed by atoms with Crippen LogP contribution in [0.2, 0.25) is 0 Å². The molecule has 0 spiro atoms. The van der Waals surface area contributed by atoms with Crippen LogP contribution in [-0.4, -0.2) is 22.2 Å². The van der Waals surface area contributed by atoms with Gasteiger partial charge in [-0.2, -0.15) is 0 Å². The van der Waals surface area contributed by atoms with Crippen molar-refractivity contribution in [1.82, 2.24) is 10.3 Å². The molecule has 1 aliphatic carbocycles.